The maximum atomic E-state index is 9.36. The summed E-state index contributed by atoms with van der Waals surface area (Å²) in [5.74, 6) is 2.57. The second-order valence-corrected chi connectivity index (χ2v) is 6.91. The first-order chi connectivity index (χ1) is 12.2. The molecule has 0 unspecified atom stereocenters. The molecule has 0 fully saturated rings. The lowest BCUT2D eigenvalue weighted by molar-refractivity contribution is 0.266. The number of imidazole rings is 1. The monoisotopic (exact) mass is 353 g/mol. The average molecular weight is 353 g/mol. The van der Waals surface area contributed by atoms with Crippen LogP contribution >= 0.6 is 11.3 Å². The number of benzene rings is 1. The molecule has 0 aliphatic carbocycles. The minimum atomic E-state index is 0.0401. The van der Waals surface area contributed by atoms with Gasteiger partial charge in [0, 0.05) is 11.3 Å². The van der Waals surface area contributed by atoms with Gasteiger partial charge in [-0.3, -0.25) is 0 Å². The summed E-state index contributed by atoms with van der Waals surface area (Å²) < 4.78 is 3.94. The summed E-state index contributed by atoms with van der Waals surface area (Å²) in [4.78, 5) is 10.6. The van der Waals surface area contributed by atoms with Crippen molar-refractivity contribution in [2.24, 2.45) is 0 Å². The van der Waals surface area contributed by atoms with E-state index in [1.165, 1.54) is 4.88 Å². The first kappa shape index (κ1) is 16.0. The Bertz CT molecular complexity index is 986. The summed E-state index contributed by atoms with van der Waals surface area (Å²) in [7, 11) is 0. The van der Waals surface area contributed by atoms with Crippen molar-refractivity contribution < 1.29 is 5.11 Å². The molecule has 0 radical (unpaired) electrons. The van der Waals surface area contributed by atoms with E-state index in [0.717, 1.165) is 28.5 Å². The zero-order chi connectivity index (χ0) is 17.2. The Morgan fingerprint density at radius 2 is 2.00 bits per heavy atom. The van der Waals surface area contributed by atoms with Crippen LogP contribution in [-0.4, -0.2) is 36.0 Å². The molecule has 6 nitrogen and oxygen atoms in total. The molecular formula is C18H19N5OS. The van der Waals surface area contributed by atoms with Crippen molar-refractivity contribution in [3.05, 3.63) is 64.1 Å². The van der Waals surface area contributed by atoms with E-state index in [2.05, 4.69) is 32.2 Å². The van der Waals surface area contributed by atoms with E-state index in [0.29, 0.717) is 19.5 Å². The van der Waals surface area contributed by atoms with Crippen LogP contribution in [0.1, 0.15) is 22.4 Å². The quantitative estimate of drug-likeness (QED) is 0.579. The van der Waals surface area contributed by atoms with E-state index in [1.54, 1.807) is 16.0 Å². The van der Waals surface area contributed by atoms with Crippen LogP contribution in [0.3, 0.4) is 0 Å². The Balaban J connectivity index is 1.68. The number of thiophene rings is 1. The number of para-hydroxylation sites is 2. The molecule has 0 aliphatic rings. The summed E-state index contributed by atoms with van der Waals surface area (Å²) in [5.41, 5.74) is 2.06. The fourth-order valence-corrected chi connectivity index (χ4v) is 3.70. The van der Waals surface area contributed by atoms with Gasteiger partial charge in [0.05, 0.1) is 30.7 Å². The third-order valence-corrected chi connectivity index (χ3v) is 5.04. The predicted molar refractivity (Wildman–Crippen MR) is 97.8 cm³/mol. The molecule has 0 amide bonds. The molecule has 3 aromatic heterocycles. The summed E-state index contributed by atoms with van der Waals surface area (Å²) in [6, 6.07) is 12.2. The number of aliphatic hydroxyl groups excluding tert-OH is 1. The van der Waals surface area contributed by atoms with Gasteiger partial charge in [0.25, 0.3) is 0 Å². The zero-order valence-electron chi connectivity index (χ0n) is 14.0. The minimum Gasteiger partial charge on any atom is -0.394 e. The van der Waals surface area contributed by atoms with Crippen LogP contribution < -0.4 is 0 Å². The number of hydrogen-bond acceptors (Lipinski definition) is 5. The Morgan fingerprint density at radius 1 is 1.12 bits per heavy atom. The van der Waals surface area contributed by atoms with E-state index >= 15 is 0 Å². The topological polar surface area (TPSA) is 68.8 Å². The van der Waals surface area contributed by atoms with E-state index in [1.807, 2.05) is 31.2 Å². The number of rotatable bonds is 6. The lowest BCUT2D eigenvalue weighted by Crippen LogP contribution is -2.13. The van der Waals surface area contributed by atoms with Gasteiger partial charge in [-0.1, -0.05) is 18.2 Å². The van der Waals surface area contributed by atoms with Gasteiger partial charge in [0.2, 0.25) is 0 Å². The van der Waals surface area contributed by atoms with Crippen LogP contribution in [0.25, 0.3) is 11.0 Å². The van der Waals surface area contributed by atoms with Crippen molar-refractivity contribution in [1.29, 1.82) is 0 Å². The number of hydrogen-bond donors (Lipinski definition) is 1. The lowest BCUT2D eigenvalue weighted by atomic mass is 10.3. The van der Waals surface area contributed by atoms with Crippen LogP contribution in [0.5, 0.6) is 0 Å². The minimum absolute atomic E-state index is 0.0401. The predicted octanol–water partition coefficient (Wildman–Crippen LogP) is 2.63. The van der Waals surface area contributed by atoms with E-state index in [4.69, 9.17) is 4.98 Å². The molecule has 0 saturated heterocycles. The van der Waals surface area contributed by atoms with Crippen molar-refractivity contribution in [2.45, 2.75) is 26.4 Å². The molecule has 1 N–H and O–H groups in total. The third-order valence-electron chi connectivity index (χ3n) is 4.16. The Kier molecular flexibility index (Phi) is 4.33. The molecule has 7 heteroatoms. The molecule has 1 aromatic carbocycles. The van der Waals surface area contributed by atoms with Gasteiger partial charge in [-0.15, -0.1) is 11.3 Å². The second kappa shape index (κ2) is 6.78. The van der Waals surface area contributed by atoms with E-state index in [9.17, 15) is 5.11 Å². The smallest absolute Gasteiger partial charge is 0.156 e. The zero-order valence-corrected chi connectivity index (χ0v) is 14.8. The highest BCUT2D eigenvalue weighted by Crippen LogP contribution is 2.18. The van der Waals surface area contributed by atoms with Gasteiger partial charge in [0.15, 0.2) is 5.82 Å². The van der Waals surface area contributed by atoms with Crippen LogP contribution in [0.15, 0.2) is 41.8 Å². The Labute approximate surface area is 149 Å². The number of nitrogens with zero attached hydrogens (tertiary/aromatic N) is 5. The maximum Gasteiger partial charge on any atom is 0.156 e. The average Bonchev–Trinajstić information content (AvgIpc) is 3.30. The van der Waals surface area contributed by atoms with Gasteiger partial charge in [-0.2, -0.15) is 5.10 Å². The van der Waals surface area contributed by atoms with Crippen LogP contribution in [0, 0.1) is 6.92 Å². The molecule has 0 aliphatic heterocycles. The van der Waals surface area contributed by atoms with Crippen molar-refractivity contribution in [2.75, 3.05) is 6.61 Å². The number of fused-ring (bicyclic) bond motifs is 1. The van der Waals surface area contributed by atoms with Crippen molar-refractivity contribution in [3.63, 3.8) is 0 Å². The van der Waals surface area contributed by atoms with Crippen LogP contribution in [0.4, 0.5) is 0 Å². The number of aliphatic hydroxyl groups is 1. The largest absolute Gasteiger partial charge is 0.394 e. The highest BCUT2D eigenvalue weighted by atomic mass is 32.1. The van der Waals surface area contributed by atoms with Gasteiger partial charge >= 0.3 is 0 Å². The lowest BCUT2D eigenvalue weighted by Gasteiger charge is -2.07. The molecule has 0 atom stereocenters. The molecule has 4 aromatic rings. The molecule has 25 heavy (non-hydrogen) atoms. The Morgan fingerprint density at radius 3 is 2.80 bits per heavy atom. The SMILES string of the molecule is Cc1nc2ccccc2n1Cc1nc(Cc2cccs2)nn1CCO. The Hall–Kier alpha value is -2.51. The molecule has 4 rings (SSSR count). The first-order valence-corrected chi connectivity index (χ1v) is 9.10. The molecule has 3 heterocycles. The summed E-state index contributed by atoms with van der Waals surface area (Å²) in [6.45, 7) is 3.07. The third kappa shape index (κ3) is 3.20. The standard InChI is InChI=1S/C18H19N5OS/c1-13-19-15-6-2-3-7-16(15)22(13)12-18-20-17(21-23(18)8-9-24)11-14-5-4-10-25-14/h2-7,10,24H,8-9,11-12H2,1H3. The normalized spacial score (nSPS) is 11.4. The molecule has 0 bridgehead atoms. The molecule has 0 spiro atoms. The summed E-state index contributed by atoms with van der Waals surface area (Å²) >= 11 is 1.70. The second-order valence-electron chi connectivity index (χ2n) is 5.88. The summed E-state index contributed by atoms with van der Waals surface area (Å²) in [5, 5.41) is 16.0. The van der Waals surface area contributed by atoms with Gasteiger partial charge < -0.3 is 9.67 Å². The fourth-order valence-electron chi connectivity index (χ4n) is 3.00. The van der Waals surface area contributed by atoms with E-state index in [-0.39, 0.29) is 6.61 Å². The van der Waals surface area contributed by atoms with Gasteiger partial charge in [-0.05, 0) is 30.5 Å². The molecule has 128 valence electrons. The summed E-state index contributed by atoms with van der Waals surface area (Å²) in [6.07, 6.45) is 0.715. The molecule has 0 saturated carbocycles. The van der Waals surface area contributed by atoms with Gasteiger partial charge in [-0.25, -0.2) is 14.6 Å². The first-order valence-electron chi connectivity index (χ1n) is 8.22. The van der Waals surface area contributed by atoms with Gasteiger partial charge in [0.1, 0.15) is 11.6 Å². The molecular weight excluding hydrogens is 334 g/mol. The number of aromatic nitrogens is 5. The van der Waals surface area contributed by atoms with E-state index < -0.39 is 0 Å². The van der Waals surface area contributed by atoms with Crippen LogP contribution in [0.2, 0.25) is 0 Å². The van der Waals surface area contributed by atoms with Crippen molar-refractivity contribution in [3.8, 4) is 0 Å². The fraction of sp³-hybridized carbons (Fsp3) is 0.278. The van der Waals surface area contributed by atoms with Crippen LogP contribution in [-0.2, 0) is 19.5 Å². The van der Waals surface area contributed by atoms with Crippen molar-refractivity contribution >= 4 is 22.4 Å². The maximum absolute atomic E-state index is 9.36. The highest BCUT2D eigenvalue weighted by molar-refractivity contribution is 7.09. The highest BCUT2D eigenvalue weighted by Gasteiger charge is 2.14. The van der Waals surface area contributed by atoms with Crippen molar-refractivity contribution in [1.82, 2.24) is 24.3 Å². The number of aryl methyl sites for hydroxylation is 1.